The Balaban J connectivity index is 1.97. The van der Waals surface area contributed by atoms with Crippen molar-refractivity contribution in [3.63, 3.8) is 0 Å². The molecule has 2 aromatic rings. The molecule has 1 aromatic carbocycles. The van der Waals surface area contributed by atoms with Crippen LogP contribution in [0.1, 0.15) is 15.9 Å². The highest BCUT2D eigenvalue weighted by atomic mass is 32.1. The Labute approximate surface area is 118 Å². The SMILES string of the molecule is O=C(NCCc1ccsc1)c1ccc([N+](=O)[O-])cc1F. The summed E-state index contributed by atoms with van der Waals surface area (Å²) in [6.45, 7) is 0.381. The molecule has 1 aromatic heterocycles. The molecule has 0 fully saturated rings. The zero-order valence-corrected chi connectivity index (χ0v) is 11.2. The zero-order chi connectivity index (χ0) is 14.5. The maximum absolute atomic E-state index is 13.6. The summed E-state index contributed by atoms with van der Waals surface area (Å²) in [5.41, 5.74) is 0.526. The zero-order valence-electron chi connectivity index (χ0n) is 10.3. The van der Waals surface area contributed by atoms with E-state index >= 15 is 0 Å². The summed E-state index contributed by atoms with van der Waals surface area (Å²) >= 11 is 1.57. The molecule has 0 spiro atoms. The van der Waals surface area contributed by atoms with Crippen molar-refractivity contribution >= 4 is 22.9 Å². The van der Waals surface area contributed by atoms with Crippen molar-refractivity contribution in [2.75, 3.05) is 6.54 Å². The number of nitrogens with one attached hydrogen (secondary N) is 1. The minimum Gasteiger partial charge on any atom is -0.352 e. The van der Waals surface area contributed by atoms with E-state index in [2.05, 4.69) is 5.32 Å². The average molecular weight is 294 g/mol. The predicted octanol–water partition coefficient (Wildman–Crippen LogP) is 2.77. The van der Waals surface area contributed by atoms with Gasteiger partial charge in [0.15, 0.2) is 0 Å². The molecule has 2 rings (SSSR count). The maximum atomic E-state index is 13.6. The largest absolute Gasteiger partial charge is 0.352 e. The normalized spacial score (nSPS) is 10.2. The quantitative estimate of drug-likeness (QED) is 0.680. The predicted molar refractivity (Wildman–Crippen MR) is 73.4 cm³/mol. The number of non-ortho nitro benzene ring substituents is 1. The van der Waals surface area contributed by atoms with Gasteiger partial charge in [-0.3, -0.25) is 14.9 Å². The lowest BCUT2D eigenvalue weighted by molar-refractivity contribution is -0.385. The number of hydrogen-bond acceptors (Lipinski definition) is 4. The van der Waals surface area contributed by atoms with E-state index in [1.807, 2.05) is 16.8 Å². The highest BCUT2D eigenvalue weighted by Gasteiger charge is 2.15. The second-order valence-corrected chi connectivity index (χ2v) is 4.84. The number of carbonyl (C=O) groups excluding carboxylic acids is 1. The summed E-state index contributed by atoms with van der Waals surface area (Å²) < 4.78 is 13.6. The van der Waals surface area contributed by atoms with Crippen LogP contribution in [0.3, 0.4) is 0 Å². The summed E-state index contributed by atoms with van der Waals surface area (Å²) in [7, 11) is 0. The number of nitro groups is 1. The number of nitrogens with zero attached hydrogens (tertiary/aromatic N) is 1. The van der Waals surface area contributed by atoms with Crippen LogP contribution in [-0.2, 0) is 6.42 Å². The maximum Gasteiger partial charge on any atom is 0.272 e. The van der Waals surface area contributed by atoms with Gasteiger partial charge in [-0.1, -0.05) is 0 Å². The van der Waals surface area contributed by atoms with Gasteiger partial charge in [-0.15, -0.1) is 0 Å². The topological polar surface area (TPSA) is 72.2 Å². The van der Waals surface area contributed by atoms with Crippen LogP contribution in [0.2, 0.25) is 0 Å². The number of nitro benzene ring substituents is 1. The molecule has 7 heteroatoms. The van der Waals surface area contributed by atoms with Gasteiger partial charge in [0.2, 0.25) is 0 Å². The van der Waals surface area contributed by atoms with Crippen molar-refractivity contribution in [1.82, 2.24) is 5.32 Å². The van der Waals surface area contributed by atoms with Gasteiger partial charge in [0.25, 0.3) is 11.6 Å². The first-order valence-corrected chi connectivity index (χ1v) is 6.75. The van der Waals surface area contributed by atoms with Crippen LogP contribution in [0.4, 0.5) is 10.1 Å². The number of halogens is 1. The Hall–Kier alpha value is -2.28. The van der Waals surface area contributed by atoms with Gasteiger partial charge in [-0.2, -0.15) is 11.3 Å². The minimum atomic E-state index is -0.896. The second kappa shape index (κ2) is 6.25. The van der Waals surface area contributed by atoms with Gasteiger partial charge in [0, 0.05) is 12.6 Å². The van der Waals surface area contributed by atoms with Crippen LogP contribution >= 0.6 is 11.3 Å². The number of thiophene rings is 1. The lowest BCUT2D eigenvalue weighted by Gasteiger charge is -2.05. The fraction of sp³-hybridized carbons (Fsp3) is 0.154. The van der Waals surface area contributed by atoms with Crippen molar-refractivity contribution in [3.05, 3.63) is 62.1 Å². The molecule has 1 amide bonds. The Morgan fingerprint density at radius 1 is 1.40 bits per heavy atom. The first-order chi connectivity index (χ1) is 9.58. The third-order valence-corrected chi connectivity index (χ3v) is 3.42. The number of benzene rings is 1. The van der Waals surface area contributed by atoms with Crippen molar-refractivity contribution < 1.29 is 14.1 Å². The van der Waals surface area contributed by atoms with Crippen LogP contribution in [0.25, 0.3) is 0 Å². The number of hydrogen-bond donors (Lipinski definition) is 1. The molecular formula is C13H11FN2O3S. The molecule has 0 aliphatic rings. The van der Waals surface area contributed by atoms with Crippen LogP contribution in [-0.4, -0.2) is 17.4 Å². The fourth-order valence-corrected chi connectivity index (χ4v) is 2.36. The Morgan fingerprint density at radius 2 is 2.20 bits per heavy atom. The van der Waals surface area contributed by atoms with Crippen LogP contribution in [0, 0.1) is 15.9 Å². The van der Waals surface area contributed by atoms with Gasteiger partial charge < -0.3 is 5.32 Å². The van der Waals surface area contributed by atoms with Crippen molar-refractivity contribution in [1.29, 1.82) is 0 Å². The number of carbonyl (C=O) groups is 1. The molecule has 0 saturated carbocycles. The Bertz CT molecular complexity index is 629. The molecule has 0 radical (unpaired) electrons. The second-order valence-electron chi connectivity index (χ2n) is 4.06. The monoisotopic (exact) mass is 294 g/mol. The number of amides is 1. The van der Waals surface area contributed by atoms with Crippen molar-refractivity contribution in [2.24, 2.45) is 0 Å². The summed E-state index contributed by atoms with van der Waals surface area (Å²) in [5, 5.41) is 17.0. The molecule has 0 atom stereocenters. The summed E-state index contributed by atoms with van der Waals surface area (Å²) in [6, 6.07) is 4.92. The van der Waals surface area contributed by atoms with Crippen LogP contribution < -0.4 is 5.32 Å². The van der Waals surface area contributed by atoms with E-state index in [1.165, 1.54) is 0 Å². The molecule has 1 N–H and O–H groups in total. The van der Waals surface area contributed by atoms with E-state index < -0.39 is 16.6 Å². The third kappa shape index (κ3) is 3.39. The lowest BCUT2D eigenvalue weighted by atomic mass is 10.1. The van der Waals surface area contributed by atoms with E-state index in [-0.39, 0.29) is 11.3 Å². The van der Waals surface area contributed by atoms with Crippen molar-refractivity contribution in [2.45, 2.75) is 6.42 Å². The molecule has 0 bridgehead atoms. The Morgan fingerprint density at radius 3 is 2.80 bits per heavy atom. The van der Waals surface area contributed by atoms with Gasteiger partial charge >= 0.3 is 0 Å². The van der Waals surface area contributed by atoms with E-state index in [9.17, 15) is 19.3 Å². The molecule has 0 aliphatic heterocycles. The molecule has 5 nitrogen and oxygen atoms in total. The minimum absolute atomic E-state index is 0.194. The third-order valence-electron chi connectivity index (χ3n) is 2.69. The number of rotatable bonds is 5. The average Bonchev–Trinajstić information content (AvgIpc) is 2.91. The van der Waals surface area contributed by atoms with E-state index in [0.29, 0.717) is 13.0 Å². The molecule has 20 heavy (non-hydrogen) atoms. The van der Waals surface area contributed by atoms with Gasteiger partial charge in [-0.25, -0.2) is 4.39 Å². The molecule has 0 unspecified atom stereocenters. The molecular weight excluding hydrogens is 283 g/mol. The summed E-state index contributed by atoms with van der Waals surface area (Å²) in [6.07, 6.45) is 0.657. The Kier molecular flexibility index (Phi) is 4.41. The van der Waals surface area contributed by atoms with Crippen molar-refractivity contribution in [3.8, 4) is 0 Å². The van der Waals surface area contributed by atoms with Crippen LogP contribution in [0.5, 0.6) is 0 Å². The summed E-state index contributed by atoms with van der Waals surface area (Å²) in [4.78, 5) is 21.5. The highest BCUT2D eigenvalue weighted by Crippen LogP contribution is 2.16. The molecule has 104 valence electrons. The lowest BCUT2D eigenvalue weighted by Crippen LogP contribution is -2.26. The van der Waals surface area contributed by atoms with E-state index in [1.54, 1.807) is 11.3 Å². The fourth-order valence-electron chi connectivity index (χ4n) is 1.65. The molecule has 0 saturated heterocycles. The van der Waals surface area contributed by atoms with E-state index in [0.717, 1.165) is 23.8 Å². The summed E-state index contributed by atoms with van der Waals surface area (Å²) in [5.74, 6) is -1.47. The highest BCUT2D eigenvalue weighted by molar-refractivity contribution is 7.07. The smallest absolute Gasteiger partial charge is 0.272 e. The van der Waals surface area contributed by atoms with E-state index in [4.69, 9.17) is 0 Å². The van der Waals surface area contributed by atoms with Gasteiger partial charge in [0.1, 0.15) is 5.82 Å². The van der Waals surface area contributed by atoms with Gasteiger partial charge in [0.05, 0.1) is 16.6 Å². The standard InChI is InChI=1S/C13H11FN2O3S/c14-12-7-10(16(18)19)1-2-11(12)13(17)15-5-3-9-4-6-20-8-9/h1-2,4,6-8H,3,5H2,(H,15,17). The molecule has 1 heterocycles. The first-order valence-electron chi connectivity index (χ1n) is 5.81. The van der Waals surface area contributed by atoms with Crippen LogP contribution in [0.15, 0.2) is 35.0 Å². The first kappa shape index (κ1) is 14.1. The van der Waals surface area contributed by atoms with Gasteiger partial charge in [-0.05, 0) is 34.9 Å². The molecule has 0 aliphatic carbocycles.